The molecule has 1 amide bonds. The van der Waals surface area contributed by atoms with Gasteiger partial charge >= 0.3 is 0 Å². The maximum Gasteiger partial charge on any atom is 0.244 e. The smallest absolute Gasteiger partial charge is 0.244 e. The minimum absolute atomic E-state index is 0.0152. The Kier molecular flexibility index (Phi) is 6.28. The van der Waals surface area contributed by atoms with Gasteiger partial charge in [-0.15, -0.1) is 0 Å². The van der Waals surface area contributed by atoms with E-state index in [1.165, 1.54) is 20.1 Å². The molecule has 0 spiro atoms. The molecule has 0 heterocycles. The second kappa shape index (κ2) is 8.07. The number of carbonyl (C=O) groups is 1. The molecule has 0 aliphatic rings. The highest BCUT2D eigenvalue weighted by molar-refractivity contribution is 7.89. The van der Waals surface area contributed by atoms with Gasteiger partial charge in [0.2, 0.25) is 15.9 Å². The Bertz CT molecular complexity index is 929. The molecule has 0 aliphatic carbocycles. The lowest BCUT2D eigenvalue weighted by atomic mass is 10.2. The highest BCUT2D eigenvalue weighted by atomic mass is 35.5. The highest BCUT2D eigenvalue weighted by Crippen LogP contribution is 2.25. The molecule has 0 saturated heterocycles. The molecule has 26 heavy (non-hydrogen) atoms. The number of rotatable bonds is 6. The van der Waals surface area contributed by atoms with Gasteiger partial charge in [-0.05, 0) is 56.2 Å². The summed E-state index contributed by atoms with van der Waals surface area (Å²) in [5, 5.41) is 3.20. The molecule has 2 N–H and O–H groups in total. The van der Waals surface area contributed by atoms with Gasteiger partial charge in [0.25, 0.3) is 0 Å². The summed E-state index contributed by atoms with van der Waals surface area (Å²) in [6, 6.07) is 8.93. The first kappa shape index (κ1) is 20.2. The zero-order chi connectivity index (χ0) is 19.5. The first-order valence-electron chi connectivity index (χ1n) is 7.88. The molecule has 0 fully saturated rings. The number of methoxy groups -OCH3 is 1. The summed E-state index contributed by atoms with van der Waals surface area (Å²) in [5.41, 5.74) is 2.00. The van der Waals surface area contributed by atoms with Crippen molar-refractivity contribution in [2.75, 3.05) is 12.4 Å². The second-order valence-corrected chi connectivity index (χ2v) is 7.99. The molecule has 0 aromatic heterocycles. The number of ether oxygens (including phenoxy) is 1. The van der Waals surface area contributed by atoms with Crippen molar-refractivity contribution in [3.63, 3.8) is 0 Å². The van der Waals surface area contributed by atoms with E-state index in [1.54, 1.807) is 44.2 Å². The van der Waals surface area contributed by atoms with Gasteiger partial charge in [0.1, 0.15) is 10.6 Å². The van der Waals surface area contributed by atoms with Gasteiger partial charge in [0, 0.05) is 10.7 Å². The lowest BCUT2D eigenvalue weighted by molar-refractivity contribution is -0.117. The number of hydrogen-bond acceptors (Lipinski definition) is 4. The highest BCUT2D eigenvalue weighted by Gasteiger charge is 2.25. The normalized spacial score (nSPS) is 12.5. The number of amides is 1. The Hall–Kier alpha value is -2.09. The molecule has 0 aliphatic heterocycles. The van der Waals surface area contributed by atoms with Crippen LogP contribution in [-0.4, -0.2) is 27.5 Å². The van der Waals surface area contributed by atoms with E-state index in [4.69, 9.17) is 16.3 Å². The van der Waals surface area contributed by atoms with Gasteiger partial charge in [-0.25, -0.2) is 8.42 Å². The molecule has 0 saturated carbocycles. The van der Waals surface area contributed by atoms with Crippen LogP contribution in [0.25, 0.3) is 0 Å². The van der Waals surface area contributed by atoms with Gasteiger partial charge in [-0.3, -0.25) is 4.79 Å². The third-order valence-electron chi connectivity index (χ3n) is 3.86. The molecule has 8 heteroatoms. The van der Waals surface area contributed by atoms with Crippen LogP contribution in [0.4, 0.5) is 5.69 Å². The average molecular weight is 397 g/mol. The number of halogens is 1. The number of benzene rings is 2. The van der Waals surface area contributed by atoms with Crippen LogP contribution in [0, 0.1) is 13.8 Å². The summed E-state index contributed by atoms with van der Waals surface area (Å²) in [4.78, 5) is 12.4. The van der Waals surface area contributed by atoms with Crippen LogP contribution < -0.4 is 14.8 Å². The van der Waals surface area contributed by atoms with E-state index < -0.39 is 22.0 Å². The Labute approximate surface area is 158 Å². The van der Waals surface area contributed by atoms with E-state index in [9.17, 15) is 13.2 Å². The predicted molar refractivity (Wildman–Crippen MR) is 102 cm³/mol. The van der Waals surface area contributed by atoms with Crippen molar-refractivity contribution in [2.24, 2.45) is 0 Å². The summed E-state index contributed by atoms with van der Waals surface area (Å²) in [6.45, 7) is 5.01. The Balaban J connectivity index is 2.20. The van der Waals surface area contributed by atoms with E-state index in [0.29, 0.717) is 16.3 Å². The van der Waals surface area contributed by atoms with Crippen molar-refractivity contribution in [3.8, 4) is 5.75 Å². The first-order valence-corrected chi connectivity index (χ1v) is 9.74. The summed E-state index contributed by atoms with van der Waals surface area (Å²) >= 11 is 6.03. The van der Waals surface area contributed by atoms with E-state index in [0.717, 1.165) is 5.56 Å². The molecule has 2 aromatic rings. The van der Waals surface area contributed by atoms with E-state index in [2.05, 4.69) is 10.0 Å². The summed E-state index contributed by atoms with van der Waals surface area (Å²) in [7, 11) is -2.55. The lowest BCUT2D eigenvalue weighted by Gasteiger charge is -2.17. The van der Waals surface area contributed by atoms with Crippen molar-refractivity contribution < 1.29 is 17.9 Å². The number of anilines is 1. The van der Waals surface area contributed by atoms with Gasteiger partial charge in [-0.2, -0.15) is 4.72 Å². The van der Waals surface area contributed by atoms with Gasteiger partial charge in [0.05, 0.1) is 13.2 Å². The van der Waals surface area contributed by atoms with Crippen LogP contribution >= 0.6 is 11.6 Å². The molecule has 6 nitrogen and oxygen atoms in total. The van der Waals surface area contributed by atoms with Crippen LogP contribution in [0.5, 0.6) is 5.75 Å². The number of aryl methyl sites for hydroxylation is 1. The fraction of sp³-hybridized carbons (Fsp3) is 0.278. The van der Waals surface area contributed by atoms with Crippen molar-refractivity contribution >= 4 is 33.2 Å². The SMILES string of the molecule is COc1ccc(C)cc1S(=O)(=O)NC(C)C(=O)Nc1cccc(Cl)c1C. The average Bonchev–Trinajstić information content (AvgIpc) is 2.58. The molecule has 1 atom stereocenters. The third kappa shape index (κ3) is 4.55. The van der Waals surface area contributed by atoms with Gasteiger partial charge in [0.15, 0.2) is 0 Å². The standard InChI is InChI=1S/C18H21ClN2O4S/c1-11-8-9-16(25-4)17(10-11)26(23,24)21-13(3)18(22)20-15-7-5-6-14(19)12(15)2/h5-10,13,21H,1-4H3,(H,20,22). The van der Waals surface area contributed by atoms with E-state index >= 15 is 0 Å². The van der Waals surface area contributed by atoms with Gasteiger partial charge < -0.3 is 10.1 Å². The van der Waals surface area contributed by atoms with Crippen molar-refractivity contribution in [1.82, 2.24) is 4.72 Å². The Morgan fingerprint density at radius 3 is 2.54 bits per heavy atom. The van der Waals surface area contributed by atoms with E-state index in [1.807, 2.05) is 0 Å². The molecule has 2 rings (SSSR count). The maximum absolute atomic E-state index is 12.7. The summed E-state index contributed by atoms with van der Waals surface area (Å²) in [5.74, 6) is -0.285. The molecule has 2 aromatic carbocycles. The number of carbonyl (C=O) groups excluding carboxylic acids is 1. The molecule has 0 bridgehead atoms. The summed E-state index contributed by atoms with van der Waals surface area (Å²) < 4.78 is 32.8. The van der Waals surface area contributed by atoms with E-state index in [-0.39, 0.29) is 10.6 Å². The zero-order valence-electron chi connectivity index (χ0n) is 15.0. The Morgan fingerprint density at radius 2 is 1.88 bits per heavy atom. The second-order valence-electron chi connectivity index (χ2n) is 5.90. The maximum atomic E-state index is 12.7. The van der Waals surface area contributed by atoms with Crippen LogP contribution in [0.3, 0.4) is 0 Å². The predicted octanol–water partition coefficient (Wildman–Crippen LogP) is 3.27. The number of sulfonamides is 1. The van der Waals surface area contributed by atoms with Gasteiger partial charge in [-0.1, -0.05) is 23.7 Å². The Morgan fingerprint density at radius 1 is 1.19 bits per heavy atom. The molecule has 140 valence electrons. The largest absolute Gasteiger partial charge is 0.495 e. The topological polar surface area (TPSA) is 84.5 Å². The van der Waals surface area contributed by atoms with Crippen LogP contribution in [-0.2, 0) is 14.8 Å². The van der Waals surface area contributed by atoms with Crippen molar-refractivity contribution in [1.29, 1.82) is 0 Å². The van der Waals surface area contributed by atoms with Crippen molar-refractivity contribution in [2.45, 2.75) is 31.7 Å². The molecule has 1 unspecified atom stereocenters. The first-order chi connectivity index (χ1) is 12.2. The molecular formula is C18H21ClN2O4S. The van der Waals surface area contributed by atoms with Crippen LogP contribution in [0.2, 0.25) is 5.02 Å². The zero-order valence-corrected chi connectivity index (χ0v) is 16.5. The fourth-order valence-electron chi connectivity index (χ4n) is 2.33. The fourth-order valence-corrected chi connectivity index (χ4v) is 3.96. The van der Waals surface area contributed by atoms with Crippen LogP contribution in [0.15, 0.2) is 41.3 Å². The number of nitrogens with one attached hydrogen (secondary N) is 2. The summed E-state index contributed by atoms with van der Waals surface area (Å²) in [6.07, 6.45) is 0. The minimum atomic E-state index is -3.94. The quantitative estimate of drug-likeness (QED) is 0.784. The molecular weight excluding hydrogens is 376 g/mol. The third-order valence-corrected chi connectivity index (χ3v) is 5.83. The van der Waals surface area contributed by atoms with Crippen LogP contribution in [0.1, 0.15) is 18.1 Å². The van der Waals surface area contributed by atoms with Crippen molar-refractivity contribution in [3.05, 3.63) is 52.5 Å². The lowest BCUT2D eigenvalue weighted by Crippen LogP contribution is -2.41. The number of hydrogen-bond donors (Lipinski definition) is 2. The monoisotopic (exact) mass is 396 g/mol. The minimum Gasteiger partial charge on any atom is -0.495 e. The molecule has 0 radical (unpaired) electrons.